The van der Waals surface area contributed by atoms with Gasteiger partial charge in [-0.3, -0.25) is 0 Å². The minimum atomic E-state index is 0.628. The number of aryl methyl sites for hydroxylation is 1. The Balaban J connectivity index is 2.51. The van der Waals surface area contributed by atoms with Crippen molar-refractivity contribution in [3.63, 3.8) is 0 Å². The molecule has 0 radical (unpaired) electrons. The van der Waals surface area contributed by atoms with E-state index in [2.05, 4.69) is 15.3 Å². The molecular weight excluding hydrogens is 262 g/mol. The normalized spacial score (nSPS) is 10.5. The molecule has 0 fully saturated rings. The predicted octanol–water partition coefficient (Wildman–Crippen LogP) is 2.83. The van der Waals surface area contributed by atoms with Crippen LogP contribution in [0.2, 0.25) is 5.02 Å². The molecule has 4 nitrogen and oxygen atoms in total. The third-order valence-corrected chi connectivity index (χ3v) is 2.90. The minimum absolute atomic E-state index is 0.628. The molecule has 100 valence electrons. The number of ether oxygens (including phenoxy) is 1. The summed E-state index contributed by atoms with van der Waals surface area (Å²) >= 11 is 5.96. The molecule has 0 atom stereocenters. The van der Waals surface area contributed by atoms with E-state index in [-0.39, 0.29) is 0 Å². The molecule has 0 aliphatic carbocycles. The van der Waals surface area contributed by atoms with Gasteiger partial charge in [0.2, 0.25) is 0 Å². The van der Waals surface area contributed by atoms with Gasteiger partial charge >= 0.3 is 0 Å². The largest absolute Gasteiger partial charge is 0.496 e. The van der Waals surface area contributed by atoms with Gasteiger partial charge in [0.05, 0.1) is 18.4 Å². The number of benzene rings is 1. The number of hydrogen-bond acceptors (Lipinski definition) is 4. The lowest BCUT2D eigenvalue weighted by Gasteiger charge is -2.10. The van der Waals surface area contributed by atoms with Crippen molar-refractivity contribution >= 4 is 11.6 Å². The van der Waals surface area contributed by atoms with Gasteiger partial charge in [-0.1, -0.05) is 11.6 Å². The molecule has 0 amide bonds. The van der Waals surface area contributed by atoms with Gasteiger partial charge in [-0.15, -0.1) is 0 Å². The molecule has 1 N–H and O–H groups in total. The zero-order valence-corrected chi connectivity index (χ0v) is 12.0. The summed E-state index contributed by atoms with van der Waals surface area (Å²) < 4.78 is 5.34. The molecule has 0 spiro atoms. The first-order valence-electron chi connectivity index (χ1n) is 5.97. The molecule has 0 aliphatic heterocycles. The van der Waals surface area contributed by atoms with E-state index in [1.807, 2.05) is 32.2 Å². The molecule has 0 saturated heterocycles. The van der Waals surface area contributed by atoms with Gasteiger partial charge in [0, 0.05) is 17.3 Å². The van der Waals surface area contributed by atoms with Gasteiger partial charge in [-0.05, 0) is 38.2 Å². The Labute approximate surface area is 117 Å². The highest BCUT2D eigenvalue weighted by molar-refractivity contribution is 6.30. The fraction of sp³-hybridized carbons (Fsp3) is 0.286. The molecule has 1 heterocycles. The van der Waals surface area contributed by atoms with Crippen LogP contribution in [0.15, 0.2) is 24.3 Å². The van der Waals surface area contributed by atoms with Crippen LogP contribution >= 0.6 is 11.6 Å². The van der Waals surface area contributed by atoms with Crippen LogP contribution in [0.3, 0.4) is 0 Å². The number of nitrogens with zero attached hydrogens (tertiary/aromatic N) is 2. The predicted molar refractivity (Wildman–Crippen MR) is 76.5 cm³/mol. The Bertz CT molecular complexity index is 587. The molecule has 0 saturated carbocycles. The van der Waals surface area contributed by atoms with Crippen LogP contribution in [0.25, 0.3) is 11.4 Å². The van der Waals surface area contributed by atoms with E-state index in [4.69, 9.17) is 16.3 Å². The van der Waals surface area contributed by atoms with Crippen molar-refractivity contribution in [3.8, 4) is 17.1 Å². The molecule has 1 aromatic carbocycles. The first-order valence-corrected chi connectivity index (χ1v) is 6.35. The highest BCUT2D eigenvalue weighted by Gasteiger charge is 2.11. The first-order chi connectivity index (χ1) is 9.13. The van der Waals surface area contributed by atoms with Crippen LogP contribution in [0.4, 0.5) is 0 Å². The Morgan fingerprint density at radius 1 is 1.26 bits per heavy atom. The Kier molecular flexibility index (Phi) is 4.35. The fourth-order valence-corrected chi connectivity index (χ4v) is 2.04. The molecule has 0 bridgehead atoms. The maximum absolute atomic E-state index is 5.96. The molecule has 0 unspecified atom stereocenters. The third kappa shape index (κ3) is 3.22. The Hall–Kier alpha value is -1.65. The summed E-state index contributed by atoms with van der Waals surface area (Å²) in [6, 6.07) is 7.41. The molecule has 1 aromatic heterocycles. The second-order valence-electron chi connectivity index (χ2n) is 4.20. The molecule has 2 rings (SSSR count). The van der Waals surface area contributed by atoms with Crippen molar-refractivity contribution in [3.05, 3.63) is 40.7 Å². The summed E-state index contributed by atoms with van der Waals surface area (Å²) in [4.78, 5) is 9.00. The standard InChI is InChI=1S/C14H16ClN3O/c1-9-6-11(8-16-2)18-14(17-9)12-5-4-10(15)7-13(12)19-3/h4-7,16H,8H2,1-3H3. The number of nitrogens with one attached hydrogen (secondary N) is 1. The maximum atomic E-state index is 5.96. The van der Waals surface area contributed by atoms with E-state index >= 15 is 0 Å². The number of rotatable bonds is 4. The van der Waals surface area contributed by atoms with Crippen LogP contribution in [-0.2, 0) is 6.54 Å². The third-order valence-electron chi connectivity index (χ3n) is 2.67. The molecule has 0 aliphatic rings. The second-order valence-corrected chi connectivity index (χ2v) is 4.64. The Morgan fingerprint density at radius 2 is 2.05 bits per heavy atom. The van der Waals surface area contributed by atoms with E-state index < -0.39 is 0 Å². The summed E-state index contributed by atoms with van der Waals surface area (Å²) in [5.41, 5.74) is 2.71. The number of hydrogen-bond donors (Lipinski definition) is 1. The van der Waals surface area contributed by atoms with Crippen molar-refractivity contribution in [1.82, 2.24) is 15.3 Å². The van der Waals surface area contributed by atoms with Gasteiger partial charge in [0.25, 0.3) is 0 Å². The average Bonchev–Trinajstić information content (AvgIpc) is 2.38. The van der Waals surface area contributed by atoms with E-state index in [9.17, 15) is 0 Å². The van der Waals surface area contributed by atoms with E-state index in [1.165, 1.54) is 0 Å². The van der Waals surface area contributed by atoms with Crippen LogP contribution < -0.4 is 10.1 Å². The van der Waals surface area contributed by atoms with E-state index in [0.717, 1.165) is 17.0 Å². The molecule has 2 aromatic rings. The van der Waals surface area contributed by atoms with Crippen molar-refractivity contribution in [2.45, 2.75) is 13.5 Å². The Morgan fingerprint density at radius 3 is 2.74 bits per heavy atom. The van der Waals surface area contributed by atoms with Crippen molar-refractivity contribution in [2.75, 3.05) is 14.2 Å². The number of halogens is 1. The molecule has 19 heavy (non-hydrogen) atoms. The highest BCUT2D eigenvalue weighted by Crippen LogP contribution is 2.30. The molecular formula is C14H16ClN3O. The zero-order valence-electron chi connectivity index (χ0n) is 11.2. The topological polar surface area (TPSA) is 47.0 Å². The molecule has 5 heteroatoms. The van der Waals surface area contributed by atoms with Crippen molar-refractivity contribution in [1.29, 1.82) is 0 Å². The van der Waals surface area contributed by atoms with E-state index in [0.29, 0.717) is 23.1 Å². The first kappa shape index (κ1) is 13.8. The van der Waals surface area contributed by atoms with Crippen LogP contribution in [0, 0.1) is 6.92 Å². The monoisotopic (exact) mass is 277 g/mol. The van der Waals surface area contributed by atoms with Crippen LogP contribution in [0.5, 0.6) is 5.75 Å². The van der Waals surface area contributed by atoms with Gasteiger partial charge < -0.3 is 10.1 Å². The van der Waals surface area contributed by atoms with Gasteiger partial charge in [0.15, 0.2) is 5.82 Å². The lowest BCUT2D eigenvalue weighted by molar-refractivity contribution is 0.416. The SMILES string of the molecule is CNCc1cc(C)nc(-c2ccc(Cl)cc2OC)n1. The van der Waals surface area contributed by atoms with Crippen molar-refractivity contribution < 1.29 is 4.74 Å². The van der Waals surface area contributed by atoms with Gasteiger partial charge in [0.1, 0.15) is 5.75 Å². The van der Waals surface area contributed by atoms with Crippen molar-refractivity contribution in [2.24, 2.45) is 0 Å². The summed E-state index contributed by atoms with van der Waals surface area (Å²) in [6.07, 6.45) is 0. The summed E-state index contributed by atoms with van der Waals surface area (Å²) in [5.74, 6) is 1.33. The van der Waals surface area contributed by atoms with Gasteiger partial charge in [-0.2, -0.15) is 0 Å². The van der Waals surface area contributed by atoms with Gasteiger partial charge in [-0.25, -0.2) is 9.97 Å². The van der Waals surface area contributed by atoms with Crippen LogP contribution in [-0.4, -0.2) is 24.1 Å². The minimum Gasteiger partial charge on any atom is -0.496 e. The second kappa shape index (κ2) is 5.99. The van der Waals surface area contributed by atoms with E-state index in [1.54, 1.807) is 13.2 Å². The van der Waals surface area contributed by atoms with Crippen LogP contribution in [0.1, 0.15) is 11.4 Å². The lowest BCUT2D eigenvalue weighted by atomic mass is 10.1. The fourth-order valence-electron chi connectivity index (χ4n) is 1.88. The number of methoxy groups -OCH3 is 1. The lowest BCUT2D eigenvalue weighted by Crippen LogP contribution is -2.09. The number of aromatic nitrogens is 2. The highest BCUT2D eigenvalue weighted by atomic mass is 35.5. The summed E-state index contributed by atoms with van der Waals surface area (Å²) in [5, 5.41) is 3.71. The average molecular weight is 278 g/mol. The summed E-state index contributed by atoms with van der Waals surface area (Å²) in [6.45, 7) is 2.65. The zero-order chi connectivity index (χ0) is 13.8. The maximum Gasteiger partial charge on any atom is 0.163 e. The smallest absolute Gasteiger partial charge is 0.163 e. The quantitative estimate of drug-likeness (QED) is 0.933. The summed E-state index contributed by atoms with van der Waals surface area (Å²) in [7, 11) is 3.50.